The minimum atomic E-state index is 0.638. The van der Waals surface area contributed by atoms with Gasteiger partial charge in [0.1, 0.15) is 5.75 Å². The van der Waals surface area contributed by atoms with Crippen molar-refractivity contribution in [1.82, 2.24) is 0 Å². The van der Waals surface area contributed by atoms with E-state index in [2.05, 4.69) is 28.6 Å². The summed E-state index contributed by atoms with van der Waals surface area (Å²) in [6, 6.07) is 6.04. The van der Waals surface area contributed by atoms with Crippen molar-refractivity contribution in [2.24, 2.45) is 5.73 Å². The topological polar surface area (TPSA) is 35.2 Å². The van der Waals surface area contributed by atoms with E-state index in [4.69, 9.17) is 10.5 Å². The number of hydrogen-bond donors (Lipinski definition) is 1. The Morgan fingerprint density at radius 2 is 2.25 bits per heavy atom. The Kier molecular flexibility index (Phi) is 6.19. The van der Waals surface area contributed by atoms with Crippen molar-refractivity contribution in [3.8, 4) is 5.75 Å². The van der Waals surface area contributed by atoms with Crippen LogP contribution in [-0.4, -0.2) is 13.2 Å². The normalized spacial score (nSPS) is 10.1. The summed E-state index contributed by atoms with van der Waals surface area (Å²) < 4.78 is 6.79. The van der Waals surface area contributed by atoms with Gasteiger partial charge >= 0.3 is 0 Å². The zero-order valence-electron chi connectivity index (χ0n) is 9.42. The summed E-state index contributed by atoms with van der Waals surface area (Å²) in [5, 5.41) is 0. The van der Waals surface area contributed by atoms with Crippen LogP contribution in [0.15, 0.2) is 35.3 Å². The van der Waals surface area contributed by atoms with Gasteiger partial charge in [-0.1, -0.05) is 22.0 Å². The first kappa shape index (κ1) is 13.3. The first-order chi connectivity index (χ1) is 7.77. The van der Waals surface area contributed by atoms with Crippen LogP contribution in [0.4, 0.5) is 0 Å². The van der Waals surface area contributed by atoms with Gasteiger partial charge in [-0.3, -0.25) is 0 Å². The van der Waals surface area contributed by atoms with E-state index in [-0.39, 0.29) is 0 Å². The third-order valence-electron chi connectivity index (χ3n) is 2.25. The summed E-state index contributed by atoms with van der Waals surface area (Å²) in [5.41, 5.74) is 6.73. The second-order valence-electron chi connectivity index (χ2n) is 3.57. The molecular weight excluding hydrogens is 266 g/mol. The van der Waals surface area contributed by atoms with Crippen molar-refractivity contribution in [1.29, 1.82) is 0 Å². The van der Waals surface area contributed by atoms with Gasteiger partial charge in [-0.2, -0.15) is 0 Å². The van der Waals surface area contributed by atoms with E-state index in [9.17, 15) is 0 Å². The lowest BCUT2D eigenvalue weighted by molar-refractivity contribution is 0.309. The molecule has 0 saturated carbocycles. The smallest absolute Gasteiger partial charge is 0.122 e. The highest BCUT2D eigenvalue weighted by Crippen LogP contribution is 2.23. The zero-order chi connectivity index (χ0) is 11.8. The molecule has 3 heteroatoms. The second kappa shape index (κ2) is 7.47. The molecule has 0 aromatic heterocycles. The molecule has 2 nitrogen and oxygen atoms in total. The highest BCUT2D eigenvalue weighted by molar-refractivity contribution is 9.10. The molecule has 2 N–H and O–H groups in total. The molecule has 88 valence electrons. The fourth-order valence-corrected chi connectivity index (χ4v) is 1.86. The molecule has 0 atom stereocenters. The molecule has 0 saturated heterocycles. The predicted molar refractivity (Wildman–Crippen MR) is 71.8 cm³/mol. The maximum Gasteiger partial charge on any atom is 0.122 e. The van der Waals surface area contributed by atoms with Crippen LogP contribution >= 0.6 is 15.9 Å². The van der Waals surface area contributed by atoms with Gasteiger partial charge in [-0.05, 0) is 49.6 Å². The summed E-state index contributed by atoms with van der Waals surface area (Å²) >= 11 is 3.45. The molecule has 0 fully saturated rings. The van der Waals surface area contributed by atoms with Crippen LogP contribution in [0.3, 0.4) is 0 Å². The Hall–Kier alpha value is -0.800. The number of hydrogen-bond acceptors (Lipinski definition) is 2. The third kappa shape index (κ3) is 4.37. The van der Waals surface area contributed by atoms with Gasteiger partial charge in [0.25, 0.3) is 0 Å². The van der Waals surface area contributed by atoms with Crippen molar-refractivity contribution in [3.63, 3.8) is 0 Å². The fraction of sp³-hybridized carbons (Fsp3) is 0.385. The molecule has 0 unspecified atom stereocenters. The van der Waals surface area contributed by atoms with E-state index in [0.29, 0.717) is 6.54 Å². The average molecular weight is 284 g/mol. The second-order valence-corrected chi connectivity index (χ2v) is 4.49. The van der Waals surface area contributed by atoms with Gasteiger partial charge in [0.05, 0.1) is 6.61 Å². The van der Waals surface area contributed by atoms with Crippen LogP contribution in [0.25, 0.3) is 0 Å². The first-order valence-corrected chi connectivity index (χ1v) is 6.29. The molecule has 0 aliphatic carbocycles. The van der Waals surface area contributed by atoms with Crippen molar-refractivity contribution in [2.75, 3.05) is 13.2 Å². The minimum Gasteiger partial charge on any atom is -0.493 e. The third-order valence-corrected chi connectivity index (χ3v) is 2.74. The van der Waals surface area contributed by atoms with Gasteiger partial charge < -0.3 is 10.5 Å². The van der Waals surface area contributed by atoms with E-state index in [1.807, 2.05) is 18.2 Å². The van der Waals surface area contributed by atoms with Gasteiger partial charge in [0.15, 0.2) is 0 Å². The number of allylic oxidation sites excluding steroid dienone is 1. The summed E-state index contributed by atoms with van der Waals surface area (Å²) in [4.78, 5) is 0. The lowest BCUT2D eigenvalue weighted by atomic mass is 10.1. The Morgan fingerprint density at radius 3 is 2.94 bits per heavy atom. The minimum absolute atomic E-state index is 0.638. The number of nitrogens with two attached hydrogens (primary N) is 1. The van der Waals surface area contributed by atoms with E-state index in [1.54, 1.807) is 0 Å². The molecule has 16 heavy (non-hydrogen) atoms. The van der Waals surface area contributed by atoms with Crippen LogP contribution in [0.1, 0.15) is 18.4 Å². The Labute approximate surface area is 106 Å². The highest BCUT2D eigenvalue weighted by Gasteiger charge is 2.03. The first-order valence-electron chi connectivity index (χ1n) is 5.50. The molecule has 0 radical (unpaired) electrons. The van der Waals surface area contributed by atoms with E-state index < -0.39 is 0 Å². The number of halogens is 1. The number of rotatable bonds is 7. The summed E-state index contributed by atoms with van der Waals surface area (Å²) in [7, 11) is 0. The summed E-state index contributed by atoms with van der Waals surface area (Å²) in [5.74, 6) is 0.942. The van der Waals surface area contributed by atoms with Crippen molar-refractivity contribution < 1.29 is 4.74 Å². The molecule has 0 aliphatic heterocycles. The van der Waals surface area contributed by atoms with E-state index in [0.717, 1.165) is 41.7 Å². The molecule has 1 aromatic rings. The largest absolute Gasteiger partial charge is 0.493 e. The van der Waals surface area contributed by atoms with Crippen LogP contribution in [-0.2, 0) is 6.42 Å². The molecule has 1 aromatic carbocycles. The molecule has 0 aliphatic rings. The Morgan fingerprint density at radius 1 is 1.44 bits per heavy atom. The van der Waals surface area contributed by atoms with Crippen molar-refractivity contribution >= 4 is 15.9 Å². The SMILES string of the molecule is C=CCCCOc1ccc(Br)cc1CCN. The molecule has 0 heterocycles. The van der Waals surface area contributed by atoms with Crippen molar-refractivity contribution in [2.45, 2.75) is 19.3 Å². The number of ether oxygens (including phenoxy) is 1. The Balaban J connectivity index is 2.59. The van der Waals surface area contributed by atoms with Gasteiger partial charge in [-0.25, -0.2) is 0 Å². The average Bonchev–Trinajstić information content (AvgIpc) is 2.27. The Bertz CT molecular complexity index is 339. The van der Waals surface area contributed by atoms with Gasteiger partial charge in [0, 0.05) is 4.47 Å². The van der Waals surface area contributed by atoms with Crippen LogP contribution < -0.4 is 10.5 Å². The molecule has 0 spiro atoms. The predicted octanol–water partition coefficient (Wildman–Crippen LogP) is 3.30. The van der Waals surface area contributed by atoms with Crippen LogP contribution in [0, 0.1) is 0 Å². The maximum atomic E-state index is 5.72. The zero-order valence-corrected chi connectivity index (χ0v) is 11.0. The van der Waals surface area contributed by atoms with Gasteiger partial charge in [0.2, 0.25) is 0 Å². The highest BCUT2D eigenvalue weighted by atomic mass is 79.9. The van der Waals surface area contributed by atoms with Crippen molar-refractivity contribution in [3.05, 3.63) is 40.9 Å². The van der Waals surface area contributed by atoms with Crippen LogP contribution in [0.2, 0.25) is 0 Å². The summed E-state index contributed by atoms with van der Waals surface area (Å²) in [6.07, 6.45) is 4.74. The van der Waals surface area contributed by atoms with E-state index >= 15 is 0 Å². The molecule has 0 amide bonds. The maximum absolute atomic E-state index is 5.72. The summed E-state index contributed by atoms with van der Waals surface area (Å²) in [6.45, 7) is 5.05. The number of benzene rings is 1. The van der Waals surface area contributed by atoms with Crippen LogP contribution in [0.5, 0.6) is 5.75 Å². The number of unbranched alkanes of at least 4 members (excludes halogenated alkanes) is 1. The van der Waals surface area contributed by atoms with Gasteiger partial charge in [-0.15, -0.1) is 6.58 Å². The monoisotopic (exact) mass is 283 g/mol. The molecular formula is C13H18BrNO. The standard InChI is InChI=1S/C13H18BrNO/c1-2-3-4-9-16-13-6-5-12(14)10-11(13)7-8-15/h2,5-6,10H,1,3-4,7-9,15H2. The van der Waals surface area contributed by atoms with E-state index in [1.165, 1.54) is 0 Å². The lowest BCUT2D eigenvalue weighted by Crippen LogP contribution is -2.06. The molecule has 1 rings (SSSR count). The quantitative estimate of drug-likeness (QED) is 0.616. The fourth-order valence-electron chi connectivity index (χ4n) is 1.45. The molecule has 0 bridgehead atoms. The lowest BCUT2D eigenvalue weighted by Gasteiger charge is -2.11.